The summed E-state index contributed by atoms with van der Waals surface area (Å²) in [6.45, 7) is 9.05. The number of rotatable bonds is 7. The molecule has 12 heavy (non-hydrogen) atoms. The smallest absolute Gasteiger partial charge is 0.00693 e. The lowest BCUT2D eigenvalue weighted by molar-refractivity contribution is 0.391. The van der Waals surface area contributed by atoms with Gasteiger partial charge in [0.2, 0.25) is 0 Å². The Morgan fingerprint density at radius 3 is 1.83 bits per heavy atom. The molecule has 0 aliphatic heterocycles. The minimum absolute atomic E-state index is 0.688. The first kappa shape index (κ1) is 12.0. The van der Waals surface area contributed by atoms with E-state index in [-0.39, 0.29) is 0 Å². The first-order valence-electron chi connectivity index (χ1n) is 5.50. The molecule has 0 saturated carbocycles. The molecular weight excluding hydrogens is 146 g/mol. The molecule has 0 saturated heterocycles. The highest BCUT2D eigenvalue weighted by atomic mass is 14.9. The molecule has 0 bridgehead atoms. The Bertz CT molecular complexity index is 85.0. The summed E-state index contributed by atoms with van der Waals surface area (Å²) in [5, 5.41) is 3.67. The minimum Gasteiger partial charge on any atom is -0.312 e. The lowest BCUT2D eigenvalue weighted by atomic mass is 10.1. The summed E-state index contributed by atoms with van der Waals surface area (Å²) in [6, 6.07) is 1.45. The molecule has 0 aromatic rings. The molecule has 74 valence electrons. The van der Waals surface area contributed by atoms with Crippen molar-refractivity contribution in [3.63, 3.8) is 0 Å². The maximum Gasteiger partial charge on any atom is 0.00693 e. The third-order valence-corrected chi connectivity index (χ3v) is 2.41. The van der Waals surface area contributed by atoms with E-state index in [2.05, 4.69) is 33.0 Å². The monoisotopic (exact) mass is 171 g/mol. The molecule has 0 heterocycles. The standard InChI is InChI=1S/C11H25N/c1-5-8-11(9-6-2)12-10(4)7-3/h10-12H,5-9H2,1-4H3. The van der Waals surface area contributed by atoms with Crippen molar-refractivity contribution in [3.05, 3.63) is 0 Å². The van der Waals surface area contributed by atoms with Crippen LogP contribution < -0.4 is 5.32 Å². The van der Waals surface area contributed by atoms with E-state index in [1.807, 2.05) is 0 Å². The first-order valence-corrected chi connectivity index (χ1v) is 5.50. The maximum atomic E-state index is 3.67. The van der Waals surface area contributed by atoms with Crippen LogP contribution in [0.3, 0.4) is 0 Å². The summed E-state index contributed by atoms with van der Waals surface area (Å²) >= 11 is 0. The summed E-state index contributed by atoms with van der Waals surface area (Å²) in [5.41, 5.74) is 0. The lowest BCUT2D eigenvalue weighted by Crippen LogP contribution is -2.35. The molecule has 0 aliphatic rings. The van der Waals surface area contributed by atoms with E-state index in [4.69, 9.17) is 0 Å². The van der Waals surface area contributed by atoms with Gasteiger partial charge in [0.1, 0.15) is 0 Å². The largest absolute Gasteiger partial charge is 0.312 e. The highest BCUT2D eigenvalue weighted by Gasteiger charge is 2.08. The van der Waals surface area contributed by atoms with Crippen LogP contribution in [-0.4, -0.2) is 12.1 Å². The zero-order valence-corrected chi connectivity index (χ0v) is 9.19. The second kappa shape index (κ2) is 7.60. The fraction of sp³-hybridized carbons (Fsp3) is 1.00. The molecule has 0 aromatic carbocycles. The van der Waals surface area contributed by atoms with Crippen molar-refractivity contribution in [2.24, 2.45) is 0 Å². The first-order chi connectivity index (χ1) is 5.74. The van der Waals surface area contributed by atoms with E-state index in [1.165, 1.54) is 32.1 Å². The van der Waals surface area contributed by atoms with Gasteiger partial charge in [-0.15, -0.1) is 0 Å². The van der Waals surface area contributed by atoms with E-state index in [0.29, 0.717) is 6.04 Å². The predicted molar refractivity (Wildman–Crippen MR) is 56.5 cm³/mol. The van der Waals surface area contributed by atoms with Crippen molar-refractivity contribution in [1.82, 2.24) is 5.32 Å². The molecule has 1 heteroatoms. The molecule has 1 nitrogen and oxygen atoms in total. The van der Waals surface area contributed by atoms with Gasteiger partial charge in [0.15, 0.2) is 0 Å². The third kappa shape index (κ3) is 5.59. The molecule has 0 aliphatic carbocycles. The Morgan fingerprint density at radius 1 is 1.00 bits per heavy atom. The van der Waals surface area contributed by atoms with Crippen LogP contribution >= 0.6 is 0 Å². The molecular formula is C11H25N. The fourth-order valence-corrected chi connectivity index (χ4v) is 1.53. The zero-order chi connectivity index (χ0) is 9.40. The van der Waals surface area contributed by atoms with Gasteiger partial charge in [0.05, 0.1) is 0 Å². The van der Waals surface area contributed by atoms with Crippen LogP contribution in [0.2, 0.25) is 0 Å². The molecule has 1 unspecified atom stereocenters. The topological polar surface area (TPSA) is 12.0 Å². The van der Waals surface area contributed by atoms with Crippen LogP contribution in [0.1, 0.15) is 59.8 Å². The van der Waals surface area contributed by atoms with Gasteiger partial charge in [-0.05, 0) is 26.2 Å². The van der Waals surface area contributed by atoms with Gasteiger partial charge >= 0.3 is 0 Å². The van der Waals surface area contributed by atoms with Crippen molar-refractivity contribution < 1.29 is 0 Å². The van der Waals surface area contributed by atoms with Crippen LogP contribution in [-0.2, 0) is 0 Å². The molecule has 0 amide bonds. The fourth-order valence-electron chi connectivity index (χ4n) is 1.53. The molecule has 1 atom stereocenters. The molecule has 0 radical (unpaired) electrons. The van der Waals surface area contributed by atoms with Crippen LogP contribution in [0.4, 0.5) is 0 Å². The Labute approximate surface area is 77.9 Å². The predicted octanol–water partition coefficient (Wildman–Crippen LogP) is 3.34. The van der Waals surface area contributed by atoms with Crippen LogP contribution in [0.25, 0.3) is 0 Å². The average Bonchev–Trinajstić information content (AvgIpc) is 2.05. The molecule has 0 aromatic heterocycles. The SMILES string of the molecule is CCCC(CCC)NC(C)CC. The van der Waals surface area contributed by atoms with Crippen LogP contribution in [0.5, 0.6) is 0 Å². The van der Waals surface area contributed by atoms with E-state index in [0.717, 1.165) is 6.04 Å². The maximum absolute atomic E-state index is 3.67. The van der Waals surface area contributed by atoms with Crippen molar-refractivity contribution >= 4 is 0 Å². The minimum atomic E-state index is 0.688. The molecule has 1 N–H and O–H groups in total. The second-order valence-electron chi connectivity index (χ2n) is 3.75. The highest BCUT2D eigenvalue weighted by molar-refractivity contribution is 4.69. The van der Waals surface area contributed by atoms with Gasteiger partial charge in [-0.3, -0.25) is 0 Å². The van der Waals surface area contributed by atoms with Gasteiger partial charge < -0.3 is 5.32 Å². The third-order valence-electron chi connectivity index (χ3n) is 2.41. The molecule has 0 fully saturated rings. The summed E-state index contributed by atoms with van der Waals surface area (Å²) in [6.07, 6.45) is 6.50. The van der Waals surface area contributed by atoms with Crippen molar-refractivity contribution in [2.75, 3.05) is 0 Å². The van der Waals surface area contributed by atoms with E-state index >= 15 is 0 Å². The van der Waals surface area contributed by atoms with Crippen molar-refractivity contribution in [3.8, 4) is 0 Å². The summed E-state index contributed by atoms with van der Waals surface area (Å²) in [4.78, 5) is 0. The van der Waals surface area contributed by atoms with Gasteiger partial charge in [-0.2, -0.15) is 0 Å². The quantitative estimate of drug-likeness (QED) is 0.619. The van der Waals surface area contributed by atoms with Gasteiger partial charge in [0.25, 0.3) is 0 Å². The Hall–Kier alpha value is -0.0400. The van der Waals surface area contributed by atoms with Gasteiger partial charge in [-0.1, -0.05) is 33.6 Å². The van der Waals surface area contributed by atoms with E-state index < -0.39 is 0 Å². The second-order valence-corrected chi connectivity index (χ2v) is 3.75. The Morgan fingerprint density at radius 2 is 1.50 bits per heavy atom. The highest BCUT2D eigenvalue weighted by Crippen LogP contribution is 2.06. The van der Waals surface area contributed by atoms with E-state index in [9.17, 15) is 0 Å². The van der Waals surface area contributed by atoms with Crippen LogP contribution in [0, 0.1) is 0 Å². The summed E-state index contributed by atoms with van der Waals surface area (Å²) in [5.74, 6) is 0. The zero-order valence-electron chi connectivity index (χ0n) is 9.19. The molecule has 0 spiro atoms. The summed E-state index contributed by atoms with van der Waals surface area (Å²) in [7, 11) is 0. The van der Waals surface area contributed by atoms with Crippen LogP contribution in [0.15, 0.2) is 0 Å². The van der Waals surface area contributed by atoms with Crippen molar-refractivity contribution in [1.29, 1.82) is 0 Å². The lowest BCUT2D eigenvalue weighted by Gasteiger charge is -2.21. The van der Waals surface area contributed by atoms with Gasteiger partial charge in [0, 0.05) is 12.1 Å². The van der Waals surface area contributed by atoms with Gasteiger partial charge in [-0.25, -0.2) is 0 Å². The van der Waals surface area contributed by atoms with Crippen molar-refractivity contribution in [2.45, 2.75) is 71.9 Å². The Balaban J connectivity index is 3.61. The normalized spacial score (nSPS) is 13.8. The number of hydrogen-bond donors (Lipinski definition) is 1. The number of nitrogens with one attached hydrogen (secondary N) is 1. The Kier molecular flexibility index (Phi) is 7.58. The number of hydrogen-bond acceptors (Lipinski definition) is 1. The molecule has 0 rings (SSSR count). The summed E-state index contributed by atoms with van der Waals surface area (Å²) < 4.78 is 0. The average molecular weight is 171 g/mol. The van der Waals surface area contributed by atoms with E-state index in [1.54, 1.807) is 0 Å².